The van der Waals surface area contributed by atoms with Crippen molar-refractivity contribution in [2.75, 3.05) is 0 Å². The molecular formula is C24H30N2O5. The largest absolute Gasteiger partial charge is 0.490 e. The number of nitrogens with one attached hydrogen (secondary N) is 1. The molecule has 166 valence electrons. The molecule has 31 heavy (non-hydrogen) atoms. The van der Waals surface area contributed by atoms with Crippen LogP contribution in [0.25, 0.3) is 0 Å². The summed E-state index contributed by atoms with van der Waals surface area (Å²) in [5.74, 6) is -0.559. The van der Waals surface area contributed by atoms with Crippen LogP contribution < -0.4 is 15.6 Å². The summed E-state index contributed by atoms with van der Waals surface area (Å²) in [6, 6.07) is 10.5. The Bertz CT molecular complexity index is 964. The number of aliphatic carboxylic acids is 1. The molecule has 1 saturated carbocycles. The number of hydrogen-bond acceptors (Lipinski definition) is 4. The Labute approximate surface area is 182 Å². The second-order valence-electron chi connectivity index (χ2n) is 8.49. The Morgan fingerprint density at radius 3 is 2.58 bits per heavy atom. The van der Waals surface area contributed by atoms with Crippen LogP contribution in [0.5, 0.6) is 5.75 Å². The van der Waals surface area contributed by atoms with E-state index in [1.807, 2.05) is 19.9 Å². The van der Waals surface area contributed by atoms with Crippen molar-refractivity contribution in [1.29, 1.82) is 0 Å². The molecule has 7 heteroatoms. The lowest BCUT2D eigenvalue weighted by Gasteiger charge is -2.27. The number of hydrogen-bond donors (Lipinski definition) is 2. The Morgan fingerprint density at radius 2 is 1.97 bits per heavy atom. The van der Waals surface area contributed by atoms with Crippen LogP contribution in [0.3, 0.4) is 0 Å². The number of pyridine rings is 1. The zero-order valence-electron chi connectivity index (χ0n) is 18.0. The van der Waals surface area contributed by atoms with Gasteiger partial charge in [0.05, 0.1) is 18.6 Å². The Balaban J connectivity index is 1.84. The second-order valence-corrected chi connectivity index (χ2v) is 8.49. The maximum Gasteiger partial charge on any atom is 0.305 e. The molecule has 1 fully saturated rings. The van der Waals surface area contributed by atoms with Gasteiger partial charge in [-0.15, -0.1) is 0 Å². The quantitative estimate of drug-likeness (QED) is 0.604. The number of aromatic nitrogens is 1. The first-order valence-corrected chi connectivity index (χ1v) is 10.8. The molecule has 1 aliphatic carbocycles. The minimum absolute atomic E-state index is 0.167. The molecule has 0 bridgehead atoms. The average Bonchev–Trinajstić information content (AvgIpc) is 2.69. The fourth-order valence-corrected chi connectivity index (χ4v) is 3.67. The molecule has 2 N–H and O–H groups in total. The molecule has 2 atom stereocenters. The predicted molar refractivity (Wildman–Crippen MR) is 117 cm³/mol. The summed E-state index contributed by atoms with van der Waals surface area (Å²) >= 11 is 0. The molecule has 0 spiro atoms. The highest BCUT2D eigenvalue weighted by molar-refractivity contribution is 5.81. The Kier molecular flexibility index (Phi) is 7.50. The summed E-state index contributed by atoms with van der Waals surface area (Å²) < 4.78 is 7.34. The van der Waals surface area contributed by atoms with Crippen molar-refractivity contribution < 1.29 is 19.4 Å². The standard InChI is InChI=1S/C24H30N2O5/c1-16(2)13-21(26-12-4-3-11-22(26)27)24(30)25-20(15-23(28)29)17-7-5-10-19(14-17)31-18-8-6-9-18/h3-5,7,10-12,14,16,18,20-21H,6,8-9,13,15H2,1-2H3,(H,25,30)(H,28,29)/t20-,21?/m0/s1. The lowest BCUT2D eigenvalue weighted by Crippen LogP contribution is -2.39. The number of nitrogens with zero attached hydrogens (tertiary/aromatic N) is 1. The number of carboxylic acids is 1. The van der Waals surface area contributed by atoms with Crippen molar-refractivity contribution in [3.05, 3.63) is 64.6 Å². The van der Waals surface area contributed by atoms with Crippen molar-refractivity contribution in [1.82, 2.24) is 9.88 Å². The SMILES string of the molecule is CC(C)CC(C(=O)N[C@@H](CC(=O)O)c1cccc(OC2CCC2)c1)n1ccccc1=O. The number of ether oxygens (including phenoxy) is 1. The van der Waals surface area contributed by atoms with Gasteiger partial charge in [-0.3, -0.25) is 14.4 Å². The van der Waals surface area contributed by atoms with Gasteiger partial charge < -0.3 is 19.7 Å². The van der Waals surface area contributed by atoms with Crippen LogP contribution in [0.2, 0.25) is 0 Å². The number of benzene rings is 1. The monoisotopic (exact) mass is 426 g/mol. The summed E-state index contributed by atoms with van der Waals surface area (Å²) in [4.78, 5) is 37.1. The first-order chi connectivity index (χ1) is 14.8. The molecular weight excluding hydrogens is 396 g/mol. The number of carboxylic acid groups (broad SMARTS) is 1. The molecule has 1 aromatic heterocycles. The molecule has 3 rings (SSSR count). The van der Waals surface area contributed by atoms with Gasteiger partial charge in [0, 0.05) is 12.3 Å². The van der Waals surface area contributed by atoms with Crippen LogP contribution >= 0.6 is 0 Å². The van der Waals surface area contributed by atoms with E-state index < -0.39 is 18.1 Å². The van der Waals surface area contributed by atoms with E-state index in [-0.39, 0.29) is 29.9 Å². The van der Waals surface area contributed by atoms with Crippen molar-refractivity contribution >= 4 is 11.9 Å². The van der Waals surface area contributed by atoms with Gasteiger partial charge in [0.1, 0.15) is 11.8 Å². The highest BCUT2D eigenvalue weighted by Crippen LogP contribution is 2.28. The molecule has 1 amide bonds. The van der Waals surface area contributed by atoms with E-state index >= 15 is 0 Å². The first-order valence-electron chi connectivity index (χ1n) is 10.8. The molecule has 7 nitrogen and oxygen atoms in total. The lowest BCUT2D eigenvalue weighted by atomic mass is 9.96. The average molecular weight is 427 g/mol. The van der Waals surface area contributed by atoms with Gasteiger partial charge in [-0.1, -0.05) is 32.0 Å². The highest BCUT2D eigenvalue weighted by atomic mass is 16.5. The van der Waals surface area contributed by atoms with Gasteiger partial charge in [0.25, 0.3) is 5.56 Å². The third kappa shape index (κ3) is 6.20. The van der Waals surface area contributed by atoms with Crippen molar-refractivity contribution in [3.63, 3.8) is 0 Å². The topological polar surface area (TPSA) is 97.6 Å². The Morgan fingerprint density at radius 1 is 1.19 bits per heavy atom. The summed E-state index contributed by atoms with van der Waals surface area (Å²) in [6.45, 7) is 3.95. The molecule has 0 saturated heterocycles. The van der Waals surface area contributed by atoms with Crippen LogP contribution in [0, 0.1) is 5.92 Å². The molecule has 1 unspecified atom stereocenters. The third-order valence-corrected chi connectivity index (χ3v) is 5.49. The summed E-state index contributed by atoms with van der Waals surface area (Å²) in [5.41, 5.74) is 0.394. The molecule has 0 radical (unpaired) electrons. The fraction of sp³-hybridized carbons (Fsp3) is 0.458. The summed E-state index contributed by atoms with van der Waals surface area (Å²) in [6.07, 6.45) is 5.16. The van der Waals surface area contributed by atoms with E-state index in [4.69, 9.17) is 4.74 Å². The van der Waals surface area contributed by atoms with Gasteiger partial charge in [-0.05, 0) is 55.4 Å². The normalized spacial score (nSPS) is 15.7. The highest BCUT2D eigenvalue weighted by Gasteiger charge is 2.27. The van der Waals surface area contributed by atoms with E-state index in [0.29, 0.717) is 17.7 Å². The van der Waals surface area contributed by atoms with Crippen LogP contribution in [-0.4, -0.2) is 27.7 Å². The van der Waals surface area contributed by atoms with Crippen LogP contribution in [-0.2, 0) is 9.59 Å². The van der Waals surface area contributed by atoms with Crippen molar-refractivity contribution in [2.24, 2.45) is 5.92 Å². The molecule has 1 aromatic carbocycles. The molecule has 0 aliphatic heterocycles. The maximum atomic E-state index is 13.2. The van der Waals surface area contributed by atoms with Gasteiger partial charge in [-0.2, -0.15) is 0 Å². The van der Waals surface area contributed by atoms with E-state index in [1.54, 1.807) is 36.5 Å². The van der Waals surface area contributed by atoms with Crippen LogP contribution in [0.4, 0.5) is 0 Å². The molecule has 2 aromatic rings. The van der Waals surface area contributed by atoms with Crippen LogP contribution in [0.15, 0.2) is 53.5 Å². The predicted octanol–water partition coefficient (Wildman–Crippen LogP) is 3.70. The van der Waals surface area contributed by atoms with Gasteiger partial charge in [0.15, 0.2) is 0 Å². The summed E-state index contributed by atoms with van der Waals surface area (Å²) in [7, 11) is 0. The van der Waals surface area contributed by atoms with E-state index in [9.17, 15) is 19.5 Å². The van der Waals surface area contributed by atoms with Gasteiger partial charge in [0.2, 0.25) is 5.91 Å². The van der Waals surface area contributed by atoms with Crippen molar-refractivity contribution in [2.45, 2.75) is 64.1 Å². The fourth-order valence-electron chi connectivity index (χ4n) is 3.67. The number of carbonyl (C=O) groups excluding carboxylic acids is 1. The minimum atomic E-state index is -1.02. The second kappa shape index (κ2) is 10.3. The van der Waals surface area contributed by atoms with Gasteiger partial charge >= 0.3 is 5.97 Å². The minimum Gasteiger partial charge on any atom is -0.490 e. The van der Waals surface area contributed by atoms with Gasteiger partial charge in [-0.25, -0.2) is 0 Å². The van der Waals surface area contributed by atoms with E-state index in [1.165, 1.54) is 10.6 Å². The lowest BCUT2D eigenvalue weighted by molar-refractivity contribution is -0.138. The van der Waals surface area contributed by atoms with E-state index in [0.717, 1.165) is 19.3 Å². The maximum absolute atomic E-state index is 13.2. The number of amides is 1. The first kappa shape index (κ1) is 22.6. The molecule has 1 heterocycles. The smallest absolute Gasteiger partial charge is 0.305 e. The number of carbonyl (C=O) groups is 2. The zero-order chi connectivity index (χ0) is 22.4. The van der Waals surface area contributed by atoms with Crippen molar-refractivity contribution in [3.8, 4) is 5.75 Å². The van der Waals surface area contributed by atoms with Crippen LogP contribution in [0.1, 0.15) is 63.6 Å². The molecule has 1 aliphatic rings. The summed E-state index contributed by atoms with van der Waals surface area (Å²) in [5, 5.41) is 12.3. The third-order valence-electron chi connectivity index (χ3n) is 5.49. The Hall–Kier alpha value is -3.09. The number of rotatable bonds is 10. The zero-order valence-corrected chi connectivity index (χ0v) is 18.0. The van der Waals surface area contributed by atoms with E-state index in [2.05, 4.69) is 5.32 Å².